The van der Waals surface area contributed by atoms with Crippen molar-refractivity contribution in [1.29, 1.82) is 0 Å². The van der Waals surface area contributed by atoms with Gasteiger partial charge in [0.25, 0.3) is 17.6 Å². The zero-order chi connectivity index (χ0) is 37.6. The number of rotatable bonds is 5. The van der Waals surface area contributed by atoms with Gasteiger partial charge in [-0.1, -0.05) is 18.2 Å². The highest BCUT2D eigenvalue weighted by Crippen LogP contribution is 2.31. The molecule has 0 spiro atoms. The van der Waals surface area contributed by atoms with E-state index >= 15 is 0 Å². The number of aromatic amines is 1. The Hall–Kier alpha value is -4.54. The Morgan fingerprint density at radius 3 is 2.60 bits per heavy atom. The van der Waals surface area contributed by atoms with Crippen molar-refractivity contribution in [2.75, 3.05) is 33.0 Å². The van der Waals surface area contributed by atoms with Crippen molar-refractivity contribution < 1.29 is 39.7 Å². The molecule has 1 fully saturated rings. The van der Waals surface area contributed by atoms with E-state index in [2.05, 4.69) is 20.1 Å². The number of benzene rings is 1. The molecule has 1 aliphatic heterocycles. The van der Waals surface area contributed by atoms with Gasteiger partial charge in [0.2, 0.25) is 0 Å². The quantitative estimate of drug-likeness (QED) is 0.334. The number of fused-ring (bicyclic) bond motifs is 1. The first kappa shape index (κ1) is 10.8. The summed E-state index contributed by atoms with van der Waals surface area (Å²) in [6, 6.07) is 6.45. The molecule has 2 amide bonds. The maximum atomic E-state index is 13.9. The van der Waals surface area contributed by atoms with E-state index in [9.17, 15) is 14.4 Å². The molecule has 0 unspecified atom stereocenters. The minimum atomic E-state index is -3.94. The molecule has 11 nitrogen and oxygen atoms in total. The minimum Gasteiger partial charge on any atom is -0.494 e. The van der Waals surface area contributed by atoms with E-state index in [0.717, 1.165) is 24.5 Å². The number of carbonyl (C=O) groups excluding carboxylic acids is 3. The highest BCUT2D eigenvalue weighted by molar-refractivity contribution is 6.45. The number of hydrogen-bond acceptors (Lipinski definition) is 7. The van der Waals surface area contributed by atoms with Crippen LogP contribution in [0.4, 0.5) is 0 Å². The number of methoxy groups -OCH3 is 1. The lowest BCUT2D eigenvalue weighted by Gasteiger charge is -2.34. The lowest BCUT2D eigenvalue weighted by molar-refractivity contribution is -0.127. The van der Waals surface area contributed by atoms with Crippen molar-refractivity contribution in [2.45, 2.75) is 6.85 Å². The van der Waals surface area contributed by atoms with E-state index in [1.165, 1.54) is 18.2 Å². The second kappa shape index (κ2) is 9.01. The lowest BCUT2D eigenvalue weighted by atomic mass is 10.1. The Balaban J connectivity index is 1.66. The molecule has 0 atom stereocenters. The van der Waals surface area contributed by atoms with E-state index in [0.29, 0.717) is 4.68 Å². The number of ether oxygens (including phenoxy) is 1. The summed E-state index contributed by atoms with van der Waals surface area (Å²) in [5.74, 6) is -7.42. The Morgan fingerprint density at radius 1 is 1.11 bits per heavy atom. The highest BCUT2D eigenvalue weighted by atomic mass is 16.5. The maximum Gasteiger partial charge on any atom is 0.295 e. The molecule has 5 rings (SSSR count). The average molecular weight is 489 g/mol. The van der Waals surface area contributed by atoms with Crippen molar-refractivity contribution in [3.63, 3.8) is 0 Å². The van der Waals surface area contributed by atoms with Crippen molar-refractivity contribution in [3.8, 4) is 11.6 Å². The van der Waals surface area contributed by atoms with Gasteiger partial charge < -0.3 is 19.5 Å². The summed E-state index contributed by atoms with van der Waals surface area (Å²) in [6.45, 7) is -18.4. The number of piperazine rings is 1. The number of nitrogens with one attached hydrogen (secondary N) is 1. The van der Waals surface area contributed by atoms with Gasteiger partial charge in [-0.2, -0.15) is 5.10 Å². The molecule has 178 valence electrons. The lowest BCUT2D eigenvalue weighted by Crippen LogP contribution is -2.52. The summed E-state index contributed by atoms with van der Waals surface area (Å²) in [4.78, 5) is 50.2. The second-order valence-electron chi connectivity index (χ2n) is 6.87. The highest BCUT2D eigenvalue weighted by Gasteiger charge is 2.31. The summed E-state index contributed by atoms with van der Waals surface area (Å²) in [6.07, 6.45) is 0.706. The van der Waals surface area contributed by atoms with E-state index in [-0.39, 0.29) is 10.5 Å². The molecule has 3 aromatic heterocycles. The molecule has 0 saturated carbocycles. The smallest absolute Gasteiger partial charge is 0.295 e. The molecule has 1 N–H and O–H groups in total. The van der Waals surface area contributed by atoms with E-state index in [4.69, 9.17) is 25.3 Å². The normalized spacial score (nSPS) is 26.6. The predicted octanol–water partition coefficient (Wildman–Crippen LogP) is 1.63. The van der Waals surface area contributed by atoms with Gasteiger partial charge in [0.15, 0.2) is 5.82 Å². The summed E-state index contributed by atoms with van der Waals surface area (Å²) in [7, 11) is -3.21. The molecule has 11 heteroatoms. The zero-order valence-electron chi connectivity index (χ0n) is 32.4. The van der Waals surface area contributed by atoms with Crippen LogP contribution in [-0.4, -0.2) is 85.2 Å². The van der Waals surface area contributed by atoms with E-state index < -0.39 is 103 Å². The molecule has 4 heterocycles. The molecule has 1 saturated heterocycles. The first-order valence-electron chi connectivity index (χ1n) is 17.2. The summed E-state index contributed by atoms with van der Waals surface area (Å²) >= 11 is 0. The fraction of sp³-hybridized carbons (Fsp3) is 0.250. The average Bonchev–Trinajstić information content (AvgIpc) is 3.60. The Morgan fingerprint density at radius 2 is 1.89 bits per heavy atom. The van der Waals surface area contributed by atoms with Crippen LogP contribution in [0.1, 0.15) is 47.1 Å². The van der Waals surface area contributed by atoms with Gasteiger partial charge in [-0.15, -0.1) is 0 Å². The summed E-state index contributed by atoms with van der Waals surface area (Å²) in [5.41, 5.74) is -1.58. The number of aromatic nitrogens is 5. The molecule has 0 aliphatic carbocycles. The van der Waals surface area contributed by atoms with Gasteiger partial charge in [0, 0.05) is 41.9 Å². The predicted molar refractivity (Wildman–Crippen MR) is 126 cm³/mol. The third kappa shape index (κ3) is 4.01. The van der Waals surface area contributed by atoms with E-state index in [1.807, 2.05) is 0 Å². The van der Waals surface area contributed by atoms with Crippen LogP contribution in [0.15, 0.2) is 49.0 Å². The number of aryl methyl sites for hydroxylation is 1. The number of H-pyrrole nitrogens is 1. The molecule has 35 heavy (non-hydrogen) atoms. The summed E-state index contributed by atoms with van der Waals surface area (Å²) in [5, 5.41) is 3.14. The van der Waals surface area contributed by atoms with Crippen LogP contribution in [0.5, 0.6) is 5.75 Å². The third-order valence-electron chi connectivity index (χ3n) is 4.82. The van der Waals surface area contributed by atoms with Crippen LogP contribution in [0, 0.1) is 6.85 Å². The van der Waals surface area contributed by atoms with Gasteiger partial charge in [0.1, 0.15) is 19.2 Å². The standard InChI is InChI=1S/C24H23N7O4/c1-15-27-14-31(28-15)22-20-19(18(35-2)13-26-22)17(12-25-20)21(32)24(34)30-10-8-29(9-11-30)23(33)16-6-4-3-5-7-16/h3-7,12-14,25H,8-11H2,1-2H3/i1D3,2D3,8D2,9D2,10D2,11D2,14D. The number of nitrogens with zero attached hydrogens (tertiary/aromatic N) is 6. The molecular formula is C24H23N7O4. The first-order chi connectivity index (χ1) is 22.8. The number of ketones is 1. The van der Waals surface area contributed by atoms with Crippen LogP contribution in [0.2, 0.25) is 0 Å². The van der Waals surface area contributed by atoms with Crippen LogP contribution in [0.25, 0.3) is 16.7 Å². The monoisotopic (exact) mass is 488 g/mol. The number of pyridine rings is 1. The number of amides is 2. The van der Waals surface area contributed by atoms with Crippen molar-refractivity contribution in [2.24, 2.45) is 0 Å². The maximum absolute atomic E-state index is 13.9. The number of hydrogen-bond donors (Lipinski definition) is 1. The Kier molecular flexibility index (Phi) is 2.78. The van der Waals surface area contributed by atoms with Crippen molar-refractivity contribution in [1.82, 2.24) is 34.5 Å². The first-order valence-corrected chi connectivity index (χ1v) is 9.69. The largest absolute Gasteiger partial charge is 0.494 e. The van der Waals surface area contributed by atoms with Gasteiger partial charge >= 0.3 is 0 Å². The number of carbonyl (C=O) groups is 3. The second-order valence-corrected chi connectivity index (χ2v) is 6.87. The van der Waals surface area contributed by atoms with Crippen LogP contribution in [-0.2, 0) is 4.79 Å². The number of Topliss-reactive ketones (excluding diaryl/α,β-unsaturated/α-hetero) is 1. The Labute approximate surface area is 221 Å². The minimum absolute atomic E-state index is 0.320. The molecule has 1 aliphatic rings. The van der Waals surface area contributed by atoms with Crippen LogP contribution in [0.3, 0.4) is 0 Å². The Bertz CT molecular complexity index is 2000. The molecule has 1 aromatic carbocycles. The molecular weight excluding hydrogens is 450 g/mol. The fourth-order valence-corrected chi connectivity index (χ4v) is 3.24. The topological polar surface area (TPSA) is 126 Å². The van der Waals surface area contributed by atoms with Crippen LogP contribution >= 0.6 is 0 Å². The van der Waals surface area contributed by atoms with Crippen molar-refractivity contribution in [3.05, 3.63) is 66.0 Å². The van der Waals surface area contributed by atoms with Crippen LogP contribution < -0.4 is 4.74 Å². The molecule has 4 aromatic rings. The van der Waals surface area contributed by atoms with Gasteiger partial charge in [-0.25, -0.2) is 14.6 Å². The van der Waals surface area contributed by atoms with Gasteiger partial charge in [-0.05, 0) is 19.0 Å². The fourth-order valence-electron chi connectivity index (χ4n) is 3.24. The van der Waals surface area contributed by atoms with Gasteiger partial charge in [-0.3, -0.25) is 14.4 Å². The molecule has 0 bridgehead atoms. The van der Waals surface area contributed by atoms with E-state index in [1.54, 1.807) is 0 Å². The zero-order valence-corrected chi connectivity index (χ0v) is 17.4. The van der Waals surface area contributed by atoms with Gasteiger partial charge in [0.05, 0.1) is 44.8 Å². The third-order valence-corrected chi connectivity index (χ3v) is 4.82. The molecule has 0 radical (unpaired) electrons. The summed E-state index contributed by atoms with van der Waals surface area (Å²) < 4.78 is 127. The van der Waals surface area contributed by atoms with Crippen molar-refractivity contribution >= 4 is 28.5 Å². The SMILES string of the molecule is [2H]c1nc(C([2H])([2H])[2H])nn1-c1ncc(OC([2H])([2H])[2H])c2c(C(=O)C(=O)N3C([2H])([2H])C([2H])([2H])N(C(=O)c4ccccc4)C([2H])([2H])C3([2H])[2H])c[nH]c12.